The molecule has 0 spiro atoms. The SMILES string of the molecule is CC(C)=O.O=C1CC2c3ccccc3-c3ccccc3[C@@H]2C1. The highest BCUT2D eigenvalue weighted by Crippen LogP contribution is 2.53. The fourth-order valence-electron chi connectivity index (χ4n) is 3.64. The molecule has 1 saturated carbocycles. The first-order valence-corrected chi connectivity index (χ1v) is 7.75. The second-order valence-electron chi connectivity index (χ2n) is 6.24. The lowest BCUT2D eigenvalue weighted by atomic mass is 9.73. The summed E-state index contributed by atoms with van der Waals surface area (Å²) in [4.78, 5) is 21.3. The third-order valence-electron chi connectivity index (χ3n) is 4.39. The molecule has 0 aliphatic heterocycles. The predicted molar refractivity (Wildman–Crippen MR) is 88.0 cm³/mol. The number of hydrogen-bond donors (Lipinski definition) is 0. The molecule has 112 valence electrons. The van der Waals surface area contributed by atoms with Crippen LogP contribution in [0.5, 0.6) is 0 Å². The van der Waals surface area contributed by atoms with Gasteiger partial charge in [0.15, 0.2) is 0 Å². The van der Waals surface area contributed by atoms with Crippen molar-refractivity contribution in [2.24, 2.45) is 0 Å². The summed E-state index contributed by atoms with van der Waals surface area (Å²) in [6.07, 6.45) is 1.44. The first-order valence-electron chi connectivity index (χ1n) is 7.75. The first-order chi connectivity index (χ1) is 10.6. The van der Waals surface area contributed by atoms with Crippen LogP contribution in [-0.4, -0.2) is 11.6 Å². The van der Waals surface area contributed by atoms with Crippen LogP contribution >= 0.6 is 0 Å². The van der Waals surface area contributed by atoms with Gasteiger partial charge >= 0.3 is 0 Å². The standard InChI is InChI=1S/C17H14O.C3H6O/c18-11-9-16-14-7-3-1-5-12(14)13-6-2-4-8-15(13)17(16)10-11;1-3(2)4/h1-8,16-17H,9-10H2;1-2H3/t16-,17?;/m0./s1. The van der Waals surface area contributed by atoms with Crippen LogP contribution in [0.2, 0.25) is 0 Å². The number of fused-ring (bicyclic) bond motifs is 6. The molecule has 0 N–H and O–H groups in total. The molecule has 2 aliphatic rings. The molecule has 2 aromatic carbocycles. The van der Waals surface area contributed by atoms with Gasteiger partial charge in [0, 0.05) is 12.8 Å². The van der Waals surface area contributed by atoms with E-state index in [2.05, 4.69) is 48.5 Å². The highest BCUT2D eigenvalue weighted by molar-refractivity contribution is 5.87. The fraction of sp³-hybridized carbons (Fsp3) is 0.300. The van der Waals surface area contributed by atoms with Crippen molar-refractivity contribution in [3.63, 3.8) is 0 Å². The summed E-state index contributed by atoms with van der Waals surface area (Å²) in [6, 6.07) is 17.1. The molecule has 4 rings (SSSR count). The van der Waals surface area contributed by atoms with Crippen LogP contribution < -0.4 is 0 Å². The van der Waals surface area contributed by atoms with Crippen LogP contribution in [0.1, 0.15) is 49.7 Å². The molecule has 1 unspecified atom stereocenters. The summed E-state index contributed by atoms with van der Waals surface area (Å²) in [6.45, 7) is 3.06. The van der Waals surface area contributed by atoms with E-state index in [0.29, 0.717) is 17.6 Å². The van der Waals surface area contributed by atoms with Gasteiger partial charge in [-0.1, -0.05) is 48.5 Å². The Morgan fingerprint density at radius 3 is 1.59 bits per heavy atom. The monoisotopic (exact) mass is 292 g/mol. The summed E-state index contributed by atoms with van der Waals surface area (Å²) in [5, 5.41) is 0. The third kappa shape index (κ3) is 2.61. The van der Waals surface area contributed by atoms with E-state index in [9.17, 15) is 9.59 Å². The van der Waals surface area contributed by atoms with Gasteiger partial charge in [0.05, 0.1) is 0 Å². The number of benzene rings is 2. The largest absolute Gasteiger partial charge is 0.300 e. The van der Waals surface area contributed by atoms with E-state index < -0.39 is 0 Å². The molecule has 0 amide bonds. The molecule has 0 heterocycles. The highest BCUT2D eigenvalue weighted by atomic mass is 16.1. The topological polar surface area (TPSA) is 34.1 Å². The van der Waals surface area contributed by atoms with Crippen molar-refractivity contribution in [2.75, 3.05) is 0 Å². The van der Waals surface area contributed by atoms with Crippen molar-refractivity contribution < 1.29 is 9.59 Å². The van der Waals surface area contributed by atoms with E-state index in [0.717, 1.165) is 12.8 Å². The van der Waals surface area contributed by atoms with E-state index in [4.69, 9.17) is 0 Å². The van der Waals surface area contributed by atoms with Crippen LogP contribution in [0, 0.1) is 0 Å². The van der Waals surface area contributed by atoms with Gasteiger partial charge in [-0.25, -0.2) is 0 Å². The lowest BCUT2D eigenvalue weighted by Crippen LogP contribution is -2.12. The maximum atomic E-state index is 11.8. The Morgan fingerprint density at radius 1 is 0.818 bits per heavy atom. The maximum Gasteiger partial charge on any atom is 0.134 e. The van der Waals surface area contributed by atoms with Crippen molar-refractivity contribution in [1.82, 2.24) is 0 Å². The number of carbonyl (C=O) groups excluding carboxylic acids is 2. The number of ketones is 2. The molecule has 1 fully saturated rings. The van der Waals surface area contributed by atoms with Crippen molar-refractivity contribution >= 4 is 11.6 Å². The second-order valence-corrected chi connectivity index (χ2v) is 6.24. The van der Waals surface area contributed by atoms with Crippen LogP contribution in [0.25, 0.3) is 11.1 Å². The Bertz CT molecular complexity index is 670. The van der Waals surface area contributed by atoms with Gasteiger partial charge in [0.2, 0.25) is 0 Å². The Labute approximate surface area is 131 Å². The number of rotatable bonds is 0. The molecule has 2 nitrogen and oxygen atoms in total. The van der Waals surface area contributed by atoms with Crippen LogP contribution in [0.4, 0.5) is 0 Å². The average Bonchev–Trinajstić information content (AvgIpc) is 2.89. The van der Waals surface area contributed by atoms with E-state index in [1.54, 1.807) is 0 Å². The zero-order valence-electron chi connectivity index (χ0n) is 13.0. The summed E-state index contributed by atoms with van der Waals surface area (Å²) < 4.78 is 0. The molecule has 0 saturated heterocycles. The average molecular weight is 292 g/mol. The van der Waals surface area contributed by atoms with E-state index in [-0.39, 0.29) is 5.78 Å². The molecule has 0 bridgehead atoms. The van der Waals surface area contributed by atoms with E-state index in [1.165, 1.54) is 36.1 Å². The van der Waals surface area contributed by atoms with Gasteiger partial charge in [-0.3, -0.25) is 4.79 Å². The molecule has 22 heavy (non-hydrogen) atoms. The second kappa shape index (κ2) is 5.88. The zero-order valence-corrected chi connectivity index (χ0v) is 13.0. The molecule has 2 aromatic rings. The van der Waals surface area contributed by atoms with Gasteiger partial charge in [0.1, 0.15) is 11.6 Å². The van der Waals surface area contributed by atoms with E-state index in [1.807, 2.05) is 0 Å². The molecular formula is C20H20O2. The molecule has 2 atom stereocenters. The summed E-state index contributed by atoms with van der Waals surface area (Å²) in [7, 11) is 0. The van der Waals surface area contributed by atoms with Crippen LogP contribution in [0.3, 0.4) is 0 Å². The molecular weight excluding hydrogens is 272 g/mol. The molecule has 2 heteroatoms. The van der Waals surface area contributed by atoms with Gasteiger partial charge < -0.3 is 4.79 Å². The highest BCUT2D eigenvalue weighted by Gasteiger charge is 2.40. The number of Topliss-reactive ketones (excluding diaryl/α,β-unsaturated/α-hetero) is 2. The normalized spacial score (nSPS) is 21.1. The number of carbonyl (C=O) groups is 2. The van der Waals surface area contributed by atoms with Gasteiger partial charge in [-0.15, -0.1) is 0 Å². The van der Waals surface area contributed by atoms with Crippen LogP contribution in [-0.2, 0) is 9.59 Å². The minimum atomic E-state index is 0.167. The van der Waals surface area contributed by atoms with Gasteiger partial charge in [-0.05, 0) is 47.9 Å². The first kappa shape index (κ1) is 14.7. The fourth-order valence-corrected chi connectivity index (χ4v) is 3.64. The maximum absolute atomic E-state index is 11.8. The van der Waals surface area contributed by atoms with Crippen molar-refractivity contribution in [3.05, 3.63) is 59.7 Å². The van der Waals surface area contributed by atoms with Gasteiger partial charge in [0.25, 0.3) is 0 Å². The minimum Gasteiger partial charge on any atom is -0.300 e. The smallest absolute Gasteiger partial charge is 0.134 e. The Morgan fingerprint density at radius 2 is 1.18 bits per heavy atom. The molecule has 0 radical (unpaired) electrons. The van der Waals surface area contributed by atoms with Crippen molar-refractivity contribution in [1.29, 1.82) is 0 Å². The zero-order chi connectivity index (χ0) is 15.7. The van der Waals surface area contributed by atoms with Crippen LogP contribution in [0.15, 0.2) is 48.5 Å². The lowest BCUT2D eigenvalue weighted by Gasteiger charge is -2.30. The predicted octanol–water partition coefficient (Wildman–Crippen LogP) is 4.49. The molecule has 0 aromatic heterocycles. The summed E-state index contributed by atoms with van der Waals surface area (Å²) in [5.74, 6) is 1.39. The molecule has 2 aliphatic carbocycles. The van der Waals surface area contributed by atoms with Gasteiger partial charge in [-0.2, -0.15) is 0 Å². The summed E-state index contributed by atoms with van der Waals surface area (Å²) >= 11 is 0. The van der Waals surface area contributed by atoms with Crippen molar-refractivity contribution in [2.45, 2.75) is 38.5 Å². The number of hydrogen-bond acceptors (Lipinski definition) is 2. The summed E-state index contributed by atoms with van der Waals surface area (Å²) in [5.41, 5.74) is 5.38. The minimum absolute atomic E-state index is 0.167. The van der Waals surface area contributed by atoms with Crippen molar-refractivity contribution in [3.8, 4) is 11.1 Å². The van der Waals surface area contributed by atoms with E-state index >= 15 is 0 Å². The third-order valence-corrected chi connectivity index (χ3v) is 4.39. The Kier molecular flexibility index (Phi) is 3.93. The lowest BCUT2D eigenvalue weighted by molar-refractivity contribution is -0.117. The Hall–Kier alpha value is -2.22. The quantitative estimate of drug-likeness (QED) is 0.716. The Balaban J connectivity index is 0.000000325.